The van der Waals surface area contributed by atoms with Crippen molar-refractivity contribution < 1.29 is 19.4 Å². The second kappa shape index (κ2) is 10.0. The number of aromatic nitrogens is 1. The van der Waals surface area contributed by atoms with E-state index in [1.165, 1.54) is 27.8 Å². The summed E-state index contributed by atoms with van der Waals surface area (Å²) < 4.78 is 11.4. The van der Waals surface area contributed by atoms with Gasteiger partial charge in [-0.1, -0.05) is 60.7 Å². The molecule has 0 saturated heterocycles. The average Bonchev–Trinajstić information content (AvgIpc) is 3.22. The van der Waals surface area contributed by atoms with Gasteiger partial charge in [0.1, 0.15) is 5.75 Å². The lowest BCUT2D eigenvalue weighted by Gasteiger charge is -2.16. The molecule has 0 radical (unpaired) electrons. The first-order chi connectivity index (χ1) is 17.8. The summed E-state index contributed by atoms with van der Waals surface area (Å²) in [6.45, 7) is 9.03. The second-order valence-corrected chi connectivity index (χ2v) is 9.59. The highest BCUT2D eigenvalue weighted by Gasteiger charge is 2.20. The largest absolute Gasteiger partial charge is 0.512 e. The number of aryl methyl sites for hydroxylation is 3. The predicted octanol–water partition coefficient (Wildman–Crippen LogP) is 8.29. The van der Waals surface area contributed by atoms with Crippen molar-refractivity contribution in [3.8, 4) is 22.8 Å². The van der Waals surface area contributed by atoms with Gasteiger partial charge in [0, 0.05) is 21.9 Å². The first-order valence-electron chi connectivity index (χ1n) is 12.6. The SMILES string of the molecule is Cc1cc(C)c(C)c(-c2cccc3c(CCCOc4cccc5ccccc45)c(OC(=O)O)[nH]c23)c1C. The predicted molar refractivity (Wildman–Crippen MR) is 149 cm³/mol. The third kappa shape index (κ3) is 4.65. The molecule has 0 unspecified atom stereocenters. The number of carbonyl (C=O) groups is 1. The van der Waals surface area contributed by atoms with E-state index in [-0.39, 0.29) is 5.88 Å². The van der Waals surface area contributed by atoms with Crippen molar-refractivity contribution in [2.24, 2.45) is 0 Å². The number of rotatable bonds is 7. The summed E-state index contributed by atoms with van der Waals surface area (Å²) in [5, 5.41) is 12.6. The fourth-order valence-corrected chi connectivity index (χ4v) is 5.25. The molecule has 0 atom stereocenters. The molecule has 4 aromatic carbocycles. The Kier molecular flexibility index (Phi) is 6.62. The summed E-state index contributed by atoms with van der Waals surface area (Å²) in [5.74, 6) is 1.13. The highest BCUT2D eigenvalue weighted by molar-refractivity contribution is 5.99. The Balaban J connectivity index is 1.48. The van der Waals surface area contributed by atoms with E-state index in [0.29, 0.717) is 19.4 Å². The van der Waals surface area contributed by atoms with Crippen LogP contribution in [0, 0.1) is 27.7 Å². The minimum atomic E-state index is -1.33. The van der Waals surface area contributed by atoms with Crippen molar-refractivity contribution in [2.75, 3.05) is 6.61 Å². The number of nitrogens with one attached hydrogen (secondary N) is 1. The standard InChI is InChI=1S/C32H31NO4/c1-19-18-20(2)22(4)29(21(19)3)27-14-8-13-25-26(31(33-30(25)27)37-32(34)35)15-9-17-36-28-16-7-11-23-10-5-6-12-24(23)28/h5-8,10-14,16,18,33H,9,15,17H2,1-4H3,(H,34,35). The molecule has 0 aliphatic heterocycles. The number of hydrogen-bond acceptors (Lipinski definition) is 3. The Hall–Kier alpha value is -4.25. The molecule has 1 heterocycles. The molecule has 0 aliphatic carbocycles. The molecular weight excluding hydrogens is 462 g/mol. The maximum absolute atomic E-state index is 11.5. The van der Waals surface area contributed by atoms with Gasteiger partial charge in [0.05, 0.1) is 12.1 Å². The lowest BCUT2D eigenvalue weighted by atomic mass is 9.88. The Morgan fingerprint density at radius 2 is 1.54 bits per heavy atom. The molecule has 5 rings (SSSR count). The van der Waals surface area contributed by atoms with Crippen LogP contribution in [0.1, 0.15) is 34.2 Å². The van der Waals surface area contributed by atoms with Crippen molar-refractivity contribution in [1.82, 2.24) is 4.98 Å². The van der Waals surface area contributed by atoms with Crippen LogP contribution in [0.2, 0.25) is 0 Å². The minimum Gasteiger partial charge on any atom is -0.493 e. The number of carboxylic acid groups (broad SMARTS) is 1. The molecule has 2 N–H and O–H groups in total. The van der Waals surface area contributed by atoms with E-state index < -0.39 is 6.16 Å². The minimum absolute atomic E-state index is 0.278. The molecule has 0 amide bonds. The van der Waals surface area contributed by atoms with Crippen LogP contribution in [0.5, 0.6) is 11.6 Å². The molecule has 0 bridgehead atoms. The molecule has 0 fully saturated rings. The molecule has 5 nitrogen and oxygen atoms in total. The van der Waals surface area contributed by atoms with Gasteiger partial charge in [0.15, 0.2) is 0 Å². The van der Waals surface area contributed by atoms with E-state index in [4.69, 9.17) is 9.47 Å². The monoisotopic (exact) mass is 493 g/mol. The zero-order valence-electron chi connectivity index (χ0n) is 21.6. The zero-order chi connectivity index (χ0) is 26.1. The number of ether oxygens (including phenoxy) is 2. The number of aromatic amines is 1. The Morgan fingerprint density at radius 3 is 2.30 bits per heavy atom. The number of benzene rings is 4. The van der Waals surface area contributed by atoms with Crippen LogP contribution in [0.3, 0.4) is 0 Å². The van der Waals surface area contributed by atoms with Gasteiger partial charge in [0.2, 0.25) is 5.88 Å². The van der Waals surface area contributed by atoms with Gasteiger partial charge in [0.25, 0.3) is 0 Å². The fraction of sp³-hybridized carbons (Fsp3) is 0.219. The fourth-order valence-electron chi connectivity index (χ4n) is 5.25. The molecule has 1 aromatic heterocycles. The summed E-state index contributed by atoms with van der Waals surface area (Å²) in [4.78, 5) is 14.8. The van der Waals surface area contributed by atoms with Gasteiger partial charge in [-0.3, -0.25) is 0 Å². The molecule has 5 heteroatoms. The first kappa shape index (κ1) is 24.4. The Labute approximate surface area is 216 Å². The van der Waals surface area contributed by atoms with E-state index in [0.717, 1.165) is 38.6 Å². The quantitative estimate of drug-likeness (QED) is 0.177. The normalized spacial score (nSPS) is 11.2. The van der Waals surface area contributed by atoms with Gasteiger partial charge < -0.3 is 19.6 Å². The molecule has 188 valence electrons. The number of para-hydroxylation sites is 1. The molecule has 0 spiro atoms. The third-order valence-electron chi connectivity index (χ3n) is 7.31. The van der Waals surface area contributed by atoms with E-state index in [2.05, 4.69) is 63.0 Å². The lowest BCUT2D eigenvalue weighted by Crippen LogP contribution is -2.06. The van der Waals surface area contributed by atoms with Crippen molar-refractivity contribution in [2.45, 2.75) is 40.5 Å². The molecule has 0 aliphatic rings. The van der Waals surface area contributed by atoms with Crippen LogP contribution in [0.15, 0.2) is 66.7 Å². The number of hydrogen-bond donors (Lipinski definition) is 2. The van der Waals surface area contributed by atoms with E-state index in [1.54, 1.807) is 0 Å². The highest BCUT2D eigenvalue weighted by atomic mass is 16.7. The summed E-state index contributed by atoms with van der Waals surface area (Å²) in [6, 6.07) is 22.6. The Morgan fingerprint density at radius 1 is 0.865 bits per heavy atom. The first-order valence-corrected chi connectivity index (χ1v) is 12.6. The summed E-state index contributed by atoms with van der Waals surface area (Å²) in [7, 11) is 0. The molecule has 37 heavy (non-hydrogen) atoms. The summed E-state index contributed by atoms with van der Waals surface area (Å²) in [5.41, 5.74) is 8.86. The van der Waals surface area contributed by atoms with Crippen molar-refractivity contribution in [3.05, 3.63) is 94.5 Å². The lowest BCUT2D eigenvalue weighted by molar-refractivity contribution is 0.142. The molecule has 5 aromatic rings. The van der Waals surface area contributed by atoms with Gasteiger partial charge in [-0.25, -0.2) is 4.79 Å². The van der Waals surface area contributed by atoms with E-state index >= 15 is 0 Å². The van der Waals surface area contributed by atoms with Crippen LogP contribution in [-0.2, 0) is 6.42 Å². The maximum atomic E-state index is 11.5. The van der Waals surface area contributed by atoms with Crippen molar-refractivity contribution >= 4 is 27.8 Å². The van der Waals surface area contributed by atoms with Gasteiger partial charge in [-0.15, -0.1) is 0 Å². The van der Waals surface area contributed by atoms with Crippen LogP contribution in [-0.4, -0.2) is 22.9 Å². The highest BCUT2D eigenvalue weighted by Crippen LogP contribution is 2.39. The zero-order valence-corrected chi connectivity index (χ0v) is 21.6. The summed E-state index contributed by atoms with van der Waals surface area (Å²) in [6.07, 6.45) is -0.0141. The third-order valence-corrected chi connectivity index (χ3v) is 7.31. The van der Waals surface area contributed by atoms with Crippen molar-refractivity contribution in [3.63, 3.8) is 0 Å². The average molecular weight is 494 g/mol. The number of fused-ring (bicyclic) bond motifs is 2. The van der Waals surface area contributed by atoms with Gasteiger partial charge in [-0.2, -0.15) is 0 Å². The van der Waals surface area contributed by atoms with Crippen LogP contribution < -0.4 is 9.47 Å². The maximum Gasteiger partial charge on any atom is 0.512 e. The molecule has 0 saturated carbocycles. The van der Waals surface area contributed by atoms with Crippen LogP contribution >= 0.6 is 0 Å². The van der Waals surface area contributed by atoms with Crippen LogP contribution in [0.4, 0.5) is 4.79 Å². The van der Waals surface area contributed by atoms with E-state index in [9.17, 15) is 9.90 Å². The summed E-state index contributed by atoms with van der Waals surface area (Å²) >= 11 is 0. The smallest absolute Gasteiger partial charge is 0.493 e. The number of H-pyrrole nitrogens is 1. The Bertz CT molecular complexity index is 1600. The molecular formula is C32H31NO4. The van der Waals surface area contributed by atoms with Crippen molar-refractivity contribution in [1.29, 1.82) is 0 Å². The second-order valence-electron chi connectivity index (χ2n) is 9.59. The van der Waals surface area contributed by atoms with E-state index in [1.807, 2.05) is 36.4 Å². The topological polar surface area (TPSA) is 71.6 Å². The van der Waals surface area contributed by atoms with Gasteiger partial charge >= 0.3 is 6.16 Å². The van der Waals surface area contributed by atoms with Crippen LogP contribution in [0.25, 0.3) is 32.8 Å². The van der Waals surface area contributed by atoms with Gasteiger partial charge in [-0.05, 0) is 79.8 Å².